The van der Waals surface area contributed by atoms with E-state index in [0.717, 1.165) is 12.1 Å². The van der Waals surface area contributed by atoms with Gasteiger partial charge in [0.05, 0.1) is 6.42 Å². The van der Waals surface area contributed by atoms with Gasteiger partial charge in [0.25, 0.3) is 0 Å². The quantitative estimate of drug-likeness (QED) is 0.613. The Balaban J connectivity index is 1.75. The fourth-order valence-electron chi connectivity index (χ4n) is 2.50. The Morgan fingerprint density at radius 1 is 0.893 bits per heavy atom. The molecule has 0 radical (unpaired) electrons. The molecule has 0 spiro atoms. The number of carbonyl (C=O) groups is 3. The summed E-state index contributed by atoms with van der Waals surface area (Å²) in [6.45, 7) is -0.433. The summed E-state index contributed by atoms with van der Waals surface area (Å²) in [5.74, 6) is -3.54. The Labute approximate surface area is 160 Å². The maximum absolute atomic E-state index is 13.1. The van der Waals surface area contributed by atoms with Crippen molar-refractivity contribution in [1.29, 1.82) is 0 Å². The van der Waals surface area contributed by atoms with Crippen LogP contribution in [-0.2, 0) is 27.2 Å². The highest BCUT2D eigenvalue weighted by atomic mass is 19.2. The van der Waals surface area contributed by atoms with Crippen molar-refractivity contribution in [3.63, 3.8) is 0 Å². The van der Waals surface area contributed by atoms with Crippen LogP contribution in [-0.4, -0.2) is 29.4 Å². The number of amides is 2. The lowest BCUT2D eigenvalue weighted by Gasteiger charge is -2.07. The van der Waals surface area contributed by atoms with Gasteiger partial charge in [-0.2, -0.15) is 0 Å². The second-order valence-corrected chi connectivity index (χ2v) is 6.19. The monoisotopic (exact) mass is 390 g/mol. The summed E-state index contributed by atoms with van der Waals surface area (Å²) in [4.78, 5) is 33.9. The van der Waals surface area contributed by atoms with Crippen molar-refractivity contribution < 1.29 is 28.3 Å². The van der Waals surface area contributed by atoms with Crippen molar-refractivity contribution in [2.24, 2.45) is 0 Å². The summed E-state index contributed by atoms with van der Waals surface area (Å²) in [7, 11) is 0. The third-order valence-electron chi connectivity index (χ3n) is 3.89. The largest absolute Gasteiger partial charge is 0.480 e. The summed E-state index contributed by atoms with van der Waals surface area (Å²) in [5, 5.41) is 13.5. The fourth-order valence-corrected chi connectivity index (χ4v) is 2.50. The first kappa shape index (κ1) is 21.0. The molecule has 0 saturated carbocycles. The van der Waals surface area contributed by atoms with Gasteiger partial charge in [0, 0.05) is 12.1 Å². The van der Waals surface area contributed by atoms with Crippen molar-refractivity contribution in [2.75, 3.05) is 11.9 Å². The molecule has 0 saturated heterocycles. The first-order valence-corrected chi connectivity index (χ1v) is 8.64. The molecule has 0 atom stereocenters. The normalized spacial score (nSPS) is 10.4. The van der Waals surface area contributed by atoms with Crippen LogP contribution >= 0.6 is 0 Å². The molecule has 0 unspecified atom stereocenters. The van der Waals surface area contributed by atoms with Crippen LogP contribution in [0.3, 0.4) is 0 Å². The average Bonchev–Trinajstić information content (AvgIpc) is 2.64. The second-order valence-electron chi connectivity index (χ2n) is 6.19. The minimum Gasteiger partial charge on any atom is -0.480 e. The average molecular weight is 390 g/mol. The molecular weight excluding hydrogens is 370 g/mol. The highest BCUT2D eigenvalue weighted by Crippen LogP contribution is 2.13. The molecule has 0 aromatic heterocycles. The molecule has 3 N–H and O–H groups in total. The van der Waals surface area contributed by atoms with Crippen LogP contribution in [0, 0.1) is 11.6 Å². The van der Waals surface area contributed by atoms with Crippen LogP contribution in [0.2, 0.25) is 0 Å². The summed E-state index contributed by atoms with van der Waals surface area (Å²) < 4.78 is 26.0. The van der Waals surface area contributed by atoms with Gasteiger partial charge in [-0.1, -0.05) is 18.2 Å². The van der Waals surface area contributed by atoms with Crippen LogP contribution in [0.15, 0.2) is 42.5 Å². The van der Waals surface area contributed by atoms with E-state index in [1.807, 2.05) is 0 Å². The minimum absolute atomic E-state index is 0.0374. The number of carbonyl (C=O) groups excluding carboxylic acids is 2. The van der Waals surface area contributed by atoms with Crippen molar-refractivity contribution in [3.05, 3.63) is 65.2 Å². The first-order valence-electron chi connectivity index (χ1n) is 8.64. The zero-order valence-electron chi connectivity index (χ0n) is 15.0. The molecule has 0 heterocycles. The van der Waals surface area contributed by atoms with Gasteiger partial charge in [-0.3, -0.25) is 14.4 Å². The van der Waals surface area contributed by atoms with E-state index in [0.29, 0.717) is 29.7 Å². The molecule has 2 rings (SSSR count). The van der Waals surface area contributed by atoms with Crippen LogP contribution in [0.4, 0.5) is 14.5 Å². The molecule has 8 heteroatoms. The zero-order chi connectivity index (χ0) is 20.5. The van der Waals surface area contributed by atoms with Gasteiger partial charge in [-0.05, 0) is 48.2 Å². The van der Waals surface area contributed by atoms with Crippen molar-refractivity contribution in [3.8, 4) is 0 Å². The highest BCUT2D eigenvalue weighted by molar-refractivity contribution is 5.90. The van der Waals surface area contributed by atoms with Gasteiger partial charge < -0.3 is 15.7 Å². The lowest BCUT2D eigenvalue weighted by molar-refractivity contribution is -0.137. The predicted molar refractivity (Wildman–Crippen MR) is 98.7 cm³/mol. The van der Waals surface area contributed by atoms with Crippen molar-refractivity contribution >= 4 is 23.5 Å². The van der Waals surface area contributed by atoms with E-state index in [1.54, 1.807) is 24.3 Å². The molecular formula is C20H20F2N2O4. The number of hydrogen-bond acceptors (Lipinski definition) is 3. The number of carboxylic acid groups (broad SMARTS) is 1. The summed E-state index contributed by atoms with van der Waals surface area (Å²) >= 11 is 0. The molecule has 0 aliphatic carbocycles. The number of nitrogens with one attached hydrogen (secondary N) is 2. The smallest absolute Gasteiger partial charge is 0.322 e. The summed E-state index contributed by atoms with van der Waals surface area (Å²) in [5.41, 5.74) is 1.86. The fraction of sp³-hybridized carbons (Fsp3) is 0.250. The van der Waals surface area contributed by atoms with Crippen LogP contribution in [0.5, 0.6) is 0 Å². The number of hydrogen-bond donors (Lipinski definition) is 3. The van der Waals surface area contributed by atoms with Gasteiger partial charge in [0.2, 0.25) is 11.8 Å². The van der Waals surface area contributed by atoms with Crippen molar-refractivity contribution in [2.45, 2.75) is 25.7 Å². The van der Waals surface area contributed by atoms with Gasteiger partial charge >= 0.3 is 5.97 Å². The van der Waals surface area contributed by atoms with Gasteiger partial charge in [0.15, 0.2) is 11.6 Å². The number of benzene rings is 2. The summed E-state index contributed by atoms with van der Waals surface area (Å²) in [6, 6.07) is 10.3. The number of anilines is 1. The van der Waals surface area contributed by atoms with Gasteiger partial charge in [-0.25, -0.2) is 8.78 Å². The van der Waals surface area contributed by atoms with Crippen molar-refractivity contribution in [1.82, 2.24) is 5.32 Å². The maximum Gasteiger partial charge on any atom is 0.322 e. The molecule has 148 valence electrons. The topological polar surface area (TPSA) is 95.5 Å². The zero-order valence-corrected chi connectivity index (χ0v) is 15.0. The Kier molecular flexibility index (Phi) is 7.62. The number of aliphatic carboxylic acids is 1. The Hall–Kier alpha value is -3.29. The number of carboxylic acids is 1. The third-order valence-corrected chi connectivity index (χ3v) is 3.89. The highest BCUT2D eigenvalue weighted by Gasteiger charge is 2.07. The van der Waals surface area contributed by atoms with Crippen LogP contribution < -0.4 is 10.6 Å². The molecule has 2 amide bonds. The molecule has 0 aliphatic rings. The third kappa shape index (κ3) is 7.14. The summed E-state index contributed by atoms with van der Waals surface area (Å²) in [6.07, 6.45) is 1.20. The molecule has 6 nitrogen and oxygen atoms in total. The standard InChI is InChI=1S/C20H20F2N2O4/c21-16-9-6-13(10-17(16)22)2-1-3-18(25)24-15-7-4-14(5-8-15)11-19(26)23-12-20(27)28/h4-10H,1-3,11-12H2,(H,23,26)(H,24,25)(H,27,28). The second kappa shape index (κ2) is 10.1. The van der Waals surface area contributed by atoms with Crippen LogP contribution in [0.1, 0.15) is 24.0 Å². The van der Waals surface area contributed by atoms with E-state index >= 15 is 0 Å². The molecule has 0 aliphatic heterocycles. The Morgan fingerprint density at radius 2 is 1.57 bits per heavy atom. The van der Waals surface area contributed by atoms with E-state index in [2.05, 4.69) is 10.6 Å². The SMILES string of the molecule is O=C(O)CNC(=O)Cc1ccc(NC(=O)CCCc2ccc(F)c(F)c2)cc1. The molecule has 0 fully saturated rings. The van der Waals surface area contributed by atoms with E-state index in [1.165, 1.54) is 6.07 Å². The van der Waals surface area contributed by atoms with E-state index in [4.69, 9.17) is 5.11 Å². The minimum atomic E-state index is -1.11. The van der Waals surface area contributed by atoms with Crippen LogP contribution in [0.25, 0.3) is 0 Å². The first-order chi connectivity index (χ1) is 13.3. The molecule has 2 aromatic rings. The Bertz CT molecular complexity index is 854. The number of halogens is 2. The lowest BCUT2D eigenvalue weighted by atomic mass is 10.1. The Morgan fingerprint density at radius 3 is 2.21 bits per heavy atom. The predicted octanol–water partition coefficient (Wildman–Crippen LogP) is 2.67. The molecule has 2 aromatic carbocycles. The number of aryl methyl sites for hydroxylation is 1. The lowest BCUT2D eigenvalue weighted by Crippen LogP contribution is -2.30. The molecule has 0 bridgehead atoms. The molecule has 28 heavy (non-hydrogen) atoms. The van der Waals surface area contributed by atoms with E-state index in [9.17, 15) is 23.2 Å². The van der Waals surface area contributed by atoms with Gasteiger partial charge in [-0.15, -0.1) is 0 Å². The maximum atomic E-state index is 13.1. The van der Waals surface area contributed by atoms with Gasteiger partial charge in [0.1, 0.15) is 6.54 Å². The van der Waals surface area contributed by atoms with E-state index < -0.39 is 30.1 Å². The number of rotatable bonds is 9. The van der Waals surface area contributed by atoms with E-state index in [-0.39, 0.29) is 18.7 Å².